The fourth-order valence-electron chi connectivity index (χ4n) is 1.87. The molecule has 0 bridgehead atoms. The summed E-state index contributed by atoms with van der Waals surface area (Å²) in [7, 11) is 0. The number of piperazine rings is 1. The van der Waals surface area contributed by atoms with Crippen molar-refractivity contribution >= 4 is 0 Å². The highest BCUT2D eigenvalue weighted by Crippen LogP contribution is 2.21. The first-order chi connectivity index (χ1) is 6.03. The lowest BCUT2D eigenvalue weighted by Crippen LogP contribution is -2.51. The molecule has 0 amide bonds. The van der Waals surface area contributed by atoms with Crippen molar-refractivity contribution in [3.05, 3.63) is 0 Å². The first-order valence-corrected chi connectivity index (χ1v) is 5.49. The second-order valence-electron chi connectivity index (χ2n) is 5.11. The van der Waals surface area contributed by atoms with Crippen LogP contribution in [0.2, 0.25) is 0 Å². The van der Waals surface area contributed by atoms with E-state index >= 15 is 0 Å². The van der Waals surface area contributed by atoms with Crippen LogP contribution in [-0.2, 0) is 0 Å². The van der Waals surface area contributed by atoms with Crippen molar-refractivity contribution in [2.24, 2.45) is 5.41 Å². The van der Waals surface area contributed by atoms with E-state index < -0.39 is 0 Å². The van der Waals surface area contributed by atoms with Crippen LogP contribution in [0.3, 0.4) is 0 Å². The molecule has 0 aromatic rings. The zero-order valence-electron chi connectivity index (χ0n) is 9.56. The van der Waals surface area contributed by atoms with Gasteiger partial charge in [-0.25, -0.2) is 0 Å². The third-order valence-electron chi connectivity index (χ3n) is 3.06. The first-order valence-electron chi connectivity index (χ1n) is 5.49. The molecule has 1 heterocycles. The minimum absolute atomic E-state index is 0.483. The van der Waals surface area contributed by atoms with E-state index in [0.29, 0.717) is 11.5 Å². The lowest BCUT2D eigenvalue weighted by molar-refractivity contribution is 0.138. The Labute approximate surface area is 82.7 Å². The molecule has 2 heteroatoms. The predicted molar refractivity (Wildman–Crippen MR) is 58.0 cm³/mol. The summed E-state index contributed by atoms with van der Waals surface area (Å²) in [6.45, 7) is 14.1. The van der Waals surface area contributed by atoms with Crippen molar-refractivity contribution in [2.45, 2.75) is 40.2 Å². The largest absolute Gasteiger partial charge is 0.312 e. The van der Waals surface area contributed by atoms with Gasteiger partial charge in [0.1, 0.15) is 0 Å². The number of rotatable bonds is 3. The van der Waals surface area contributed by atoms with Crippen LogP contribution in [0.15, 0.2) is 0 Å². The van der Waals surface area contributed by atoms with E-state index in [1.165, 1.54) is 26.1 Å². The van der Waals surface area contributed by atoms with Crippen molar-refractivity contribution in [3.8, 4) is 0 Å². The lowest BCUT2D eigenvalue weighted by atomic mass is 9.89. The number of nitrogens with one attached hydrogen (secondary N) is 1. The molecular formula is C11H24N2. The summed E-state index contributed by atoms with van der Waals surface area (Å²) < 4.78 is 0. The second-order valence-corrected chi connectivity index (χ2v) is 5.11. The molecule has 0 aromatic carbocycles. The summed E-state index contributed by atoms with van der Waals surface area (Å²) in [5, 5.41) is 3.47. The SMILES string of the molecule is CCC(C)(C)CN1CCNC(C)C1. The van der Waals surface area contributed by atoms with Crippen LogP contribution in [0.5, 0.6) is 0 Å². The van der Waals surface area contributed by atoms with Gasteiger partial charge in [0, 0.05) is 32.2 Å². The van der Waals surface area contributed by atoms with Crippen LogP contribution in [0.25, 0.3) is 0 Å². The normalized spacial score (nSPS) is 26.3. The topological polar surface area (TPSA) is 15.3 Å². The smallest absolute Gasteiger partial charge is 0.0167 e. The van der Waals surface area contributed by atoms with Crippen LogP contribution in [0, 0.1) is 5.41 Å². The Morgan fingerprint density at radius 3 is 2.69 bits per heavy atom. The Balaban J connectivity index is 2.35. The fraction of sp³-hybridized carbons (Fsp3) is 1.00. The first kappa shape index (κ1) is 11.0. The van der Waals surface area contributed by atoms with Gasteiger partial charge >= 0.3 is 0 Å². The Bertz CT molecular complexity index is 154. The maximum Gasteiger partial charge on any atom is 0.0167 e. The number of hydrogen-bond acceptors (Lipinski definition) is 2. The highest BCUT2D eigenvalue weighted by Gasteiger charge is 2.22. The quantitative estimate of drug-likeness (QED) is 0.718. The molecule has 0 aromatic heterocycles. The fourth-order valence-corrected chi connectivity index (χ4v) is 1.87. The van der Waals surface area contributed by atoms with Crippen molar-refractivity contribution in [3.63, 3.8) is 0 Å². The van der Waals surface area contributed by atoms with Crippen molar-refractivity contribution in [1.29, 1.82) is 0 Å². The zero-order chi connectivity index (χ0) is 9.90. The van der Waals surface area contributed by atoms with E-state index in [-0.39, 0.29) is 0 Å². The molecule has 1 fully saturated rings. The highest BCUT2D eigenvalue weighted by molar-refractivity contribution is 4.79. The molecule has 1 aliphatic rings. The molecule has 1 rings (SSSR count). The summed E-state index contributed by atoms with van der Waals surface area (Å²) in [5.41, 5.74) is 0.483. The molecule has 0 saturated carbocycles. The van der Waals surface area contributed by atoms with Crippen LogP contribution in [0.4, 0.5) is 0 Å². The van der Waals surface area contributed by atoms with Gasteiger partial charge in [-0.3, -0.25) is 0 Å². The van der Waals surface area contributed by atoms with Crippen LogP contribution in [-0.4, -0.2) is 37.1 Å². The van der Waals surface area contributed by atoms with Gasteiger partial charge in [-0.15, -0.1) is 0 Å². The molecule has 13 heavy (non-hydrogen) atoms. The Morgan fingerprint density at radius 1 is 1.46 bits per heavy atom. The molecular weight excluding hydrogens is 160 g/mol. The van der Waals surface area contributed by atoms with Gasteiger partial charge in [0.15, 0.2) is 0 Å². The lowest BCUT2D eigenvalue weighted by Gasteiger charge is -2.37. The van der Waals surface area contributed by atoms with Gasteiger partial charge in [0.2, 0.25) is 0 Å². The summed E-state index contributed by atoms with van der Waals surface area (Å²) in [5.74, 6) is 0. The number of hydrogen-bond donors (Lipinski definition) is 1. The Kier molecular flexibility index (Phi) is 3.74. The maximum absolute atomic E-state index is 3.47. The molecule has 0 spiro atoms. The third kappa shape index (κ3) is 3.65. The zero-order valence-corrected chi connectivity index (χ0v) is 9.56. The Morgan fingerprint density at radius 2 is 2.15 bits per heavy atom. The Hall–Kier alpha value is -0.0800. The summed E-state index contributed by atoms with van der Waals surface area (Å²) >= 11 is 0. The summed E-state index contributed by atoms with van der Waals surface area (Å²) in [6, 6.07) is 0.668. The van der Waals surface area contributed by atoms with E-state index in [0.717, 1.165) is 6.54 Å². The van der Waals surface area contributed by atoms with Gasteiger partial charge in [-0.1, -0.05) is 20.8 Å². The minimum atomic E-state index is 0.483. The van der Waals surface area contributed by atoms with Crippen molar-refractivity contribution in [2.75, 3.05) is 26.2 Å². The average molecular weight is 184 g/mol. The van der Waals surface area contributed by atoms with E-state index in [9.17, 15) is 0 Å². The van der Waals surface area contributed by atoms with E-state index in [2.05, 4.69) is 37.9 Å². The molecule has 2 nitrogen and oxygen atoms in total. The van der Waals surface area contributed by atoms with Crippen LogP contribution < -0.4 is 5.32 Å². The maximum atomic E-state index is 3.47. The molecule has 0 aliphatic carbocycles. The van der Waals surface area contributed by atoms with Crippen molar-refractivity contribution < 1.29 is 0 Å². The minimum Gasteiger partial charge on any atom is -0.312 e. The predicted octanol–water partition coefficient (Wildman–Crippen LogP) is 1.72. The molecule has 0 radical (unpaired) electrons. The van der Waals surface area contributed by atoms with Crippen molar-refractivity contribution in [1.82, 2.24) is 10.2 Å². The van der Waals surface area contributed by atoms with Crippen LogP contribution >= 0.6 is 0 Å². The van der Waals surface area contributed by atoms with Crippen LogP contribution in [0.1, 0.15) is 34.1 Å². The van der Waals surface area contributed by atoms with E-state index in [4.69, 9.17) is 0 Å². The summed E-state index contributed by atoms with van der Waals surface area (Å²) in [6.07, 6.45) is 1.27. The molecule has 78 valence electrons. The monoisotopic (exact) mass is 184 g/mol. The van der Waals surface area contributed by atoms with E-state index in [1.54, 1.807) is 0 Å². The van der Waals surface area contributed by atoms with Gasteiger partial charge in [0.25, 0.3) is 0 Å². The van der Waals surface area contributed by atoms with E-state index in [1.807, 2.05) is 0 Å². The average Bonchev–Trinajstić information content (AvgIpc) is 2.03. The molecule has 1 saturated heterocycles. The number of nitrogens with zero attached hydrogens (tertiary/aromatic N) is 1. The highest BCUT2D eigenvalue weighted by atomic mass is 15.2. The molecule has 1 aliphatic heterocycles. The van der Waals surface area contributed by atoms with Gasteiger partial charge < -0.3 is 10.2 Å². The standard InChI is InChI=1S/C11H24N2/c1-5-11(3,4)9-13-7-6-12-10(2)8-13/h10,12H,5-9H2,1-4H3. The van der Waals surface area contributed by atoms with Gasteiger partial charge in [-0.05, 0) is 18.8 Å². The molecule has 1 unspecified atom stereocenters. The summed E-state index contributed by atoms with van der Waals surface area (Å²) in [4.78, 5) is 2.59. The second kappa shape index (κ2) is 4.43. The molecule has 1 atom stereocenters. The van der Waals surface area contributed by atoms with Gasteiger partial charge in [0.05, 0.1) is 0 Å². The third-order valence-corrected chi connectivity index (χ3v) is 3.06. The molecule has 1 N–H and O–H groups in total. The van der Waals surface area contributed by atoms with Gasteiger partial charge in [-0.2, -0.15) is 0 Å².